The SMILES string of the molecule is COc1ccc(N)c(NCCCS(C)(=O)=O)c1. The molecule has 0 unspecified atom stereocenters. The van der Waals surface area contributed by atoms with Gasteiger partial charge in [0.1, 0.15) is 15.6 Å². The molecule has 0 aromatic heterocycles. The van der Waals surface area contributed by atoms with Crippen LogP contribution in [0.2, 0.25) is 0 Å². The quantitative estimate of drug-likeness (QED) is 0.590. The van der Waals surface area contributed by atoms with Crippen molar-refractivity contribution in [3.63, 3.8) is 0 Å². The van der Waals surface area contributed by atoms with Crippen molar-refractivity contribution < 1.29 is 13.2 Å². The predicted molar refractivity (Wildman–Crippen MR) is 70.2 cm³/mol. The van der Waals surface area contributed by atoms with E-state index < -0.39 is 9.84 Å². The predicted octanol–water partition coefficient (Wildman–Crippen LogP) is 1.12. The van der Waals surface area contributed by atoms with Crippen molar-refractivity contribution in [3.05, 3.63) is 18.2 Å². The van der Waals surface area contributed by atoms with Gasteiger partial charge in [0.15, 0.2) is 0 Å². The van der Waals surface area contributed by atoms with Crippen LogP contribution in [0.3, 0.4) is 0 Å². The highest BCUT2D eigenvalue weighted by Crippen LogP contribution is 2.24. The summed E-state index contributed by atoms with van der Waals surface area (Å²) in [4.78, 5) is 0. The zero-order valence-electron chi connectivity index (χ0n) is 10.1. The van der Waals surface area contributed by atoms with Gasteiger partial charge in [0.2, 0.25) is 0 Å². The highest BCUT2D eigenvalue weighted by Gasteiger charge is 2.03. The number of hydrogen-bond donors (Lipinski definition) is 2. The number of benzene rings is 1. The lowest BCUT2D eigenvalue weighted by atomic mass is 10.2. The molecule has 0 heterocycles. The van der Waals surface area contributed by atoms with Gasteiger partial charge < -0.3 is 15.8 Å². The molecule has 0 aliphatic rings. The molecule has 0 spiro atoms. The van der Waals surface area contributed by atoms with E-state index in [1.165, 1.54) is 6.26 Å². The number of nitrogens with one attached hydrogen (secondary N) is 1. The van der Waals surface area contributed by atoms with Crippen LogP contribution in [0.15, 0.2) is 18.2 Å². The second-order valence-corrected chi connectivity index (χ2v) is 6.12. The van der Waals surface area contributed by atoms with Gasteiger partial charge in [-0.15, -0.1) is 0 Å². The Labute approximate surface area is 102 Å². The van der Waals surface area contributed by atoms with E-state index in [1.807, 2.05) is 0 Å². The molecule has 0 radical (unpaired) electrons. The molecule has 5 nitrogen and oxygen atoms in total. The largest absolute Gasteiger partial charge is 0.497 e. The van der Waals surface area contributed by atoms with Gasteiger partial charge in [-0.05, 0) is 18.6 Å². The summed E-state index contributed by atoms with van der Waals surface area (Å²) >= 11 is 0. The summed E-state index contributed by atoms with van der Waals surface area (Å²) in [7, 11) is -1.32. The summed E-state index contributed by atoms with van der Waals surface area (Å²) in [6.07, 6.45) is 1.78. The van der Waals surface area contributed by atoms with Crippen LogP contribution < -0.4 is 15.8 Å². The first kappa shape index (κ1) is 13.6. The number of nitrogen functional groups attached to an aromatic ring is 1. The second-order valence-electron chi connectivity index (χ2n) is 3.86. The van der Waals surface area contributed by atoms with Crippen LogP contribution in [0.4, 0.5) is 11.4 Å². The highest BCUT2D eigenvalue weighted by molar-refractivity contribution is 7.90. The summed E-state index contributed by atoms with van der Waals surface area (Å²) in [6, 6.07) is 5.31. The van der Waals surface area contributed by atoms with E-state index >= 15 is 0 Å². The Kier molecular flexibility index (Phi) is 4.62. The zero-order chi connectivity index (χ0) is 12.9. The molecule has 0 atom stereocenters. The summed E-state index contributed by atoms with van der Waals surface area (Å²) in [5.41, 5.74) is 7.15. The molecule has 0 bridgehead atoms. The molecule has 1 aromatic carbocycles. The fraction of sp³-hybridized carbons (Fsp3) is 0.455. The van der Waals surface area contributed by atoms with Gasteiger partial charge in [0, 0.05) is 18.9 Å². The van der Waals surface area contributed by atoms with Crippen LogP contribution >= 0.6 is 0 Å². The molecule has 1 rings (SSSR count). The molecule has 6 heteroatoms. The molecular formula is C11H18N2O3S. The molecule has 0 aliphatic carbocycles. The fourth-order valence-corrected chi connectivity index (χ4v) is 2.04. The first-order chi connectivity index (χ1) is 7.92. The van der Waals surface area contributed by atoms with Crippen LogP contribution in [0.5, 0.6) is 5.75 Å². The van der Waals surface area contributed by atoms with Gasteiger partial charge in [0.25, 0.3) is 0 Å². The maximum atomic E-state index is 10.9. The van der Waals surface area contributed by atoms with Gasteiger partial charge in [-0.25, -0.2) is 8.42 Å². The lowest BCUT2D eigenvalue weighted by molar-refractivity contribution is 0.415. The van der Waals surface area contributed by atoms with Gasteiger partial charge >= 0.3 is 0 Å². The molecular weight excluding hydrogens is 240 g/mol. The molecule has 0 fully saturated rings. The first-order valence-corrected chi connectivity index (χ1v) is 7.33. The third-order valence-corrected chi connectivity index (χ3v) is 3.30. The van der Waals surface area contributed by atoms with Crippen LogP contribution in [0, 0.1) is 0 Å². The first-order valence-electron chi connectivity index (χ1n) is 5.27. The van der Waals surface area contributed by atoms with Gasteiger partial charge in [0.05, 0.1) is 24.2 Å². The number of anilines is 2. The van der Waals surface area contributed by atoms with Crippen LogP contribution in [0.25, 0.3) is 0 Å². The van der Waals surface area contributed by atoms with E-state index in [9.17, 15) is 8.42 Å². The Morgan fingerprint density at radius 1 is 1.41 bits per heavy atom. The lowest BCUT2D eigenvalue weighted by Gasteiger charge is -2.10. The second kappa shape index (κ2) is 5.77. The highest BCUT2D eigenvalue weighted by atomic mass is 32.2. The van der Waals surface area contributed by atoms with Crippen molar-refractivity contribution >= 4 is 21.2 Å². The van der Waals surface area contributed by atoms with Crippen LogP contribution in [-0.2, 0) is 9.84 Å². The van der Waals surface area contributed by atoms with Crippen molar-refractivity contribution in [2.75, 3.05) is 36.7 Å². The van der Waals surface area contributed by atoms with E-state index in [0.29, 0.717) is 24.4 Å². The minimum atomic E-state index is -2.90. The summed E-state index contributed by atoms with van der Waals surface area (Å²) < 4.78 is 27.0. The molecule has 0 saturated heterocycles. The third-order valence-electron chi connectivity index (χ3n) is 2.27. The maximum Gasteiger partial charge on any atom is 0.147 e. The van der Waals surface area contributed by atoms with Gasteiger partial charge in [-0.1, -0.05) is 0 Å². The fourth-order valence-electron chi connectivity index (χ4n) is 1.37. The van der Waals surface area contributed by atoms with Crippen molar-refractivity contribution in [2.45, 2.75) is 6.42 Å². The topological polar surface area (TPSA) is 81.4 Å². The molecule has 0 aliphatic heterocycles. The van der Waals surface area contributed by atoms with E-state index in [0.717, 1.165) is 5.69 Å². The number of hydrogen-bond acceptors (Lipinski definition) is 5. The zero-order valence-corrected chi connectivity index (χ0v) is 10.9. The van der Waals surface area contributed by atoms with Crippen LogP contribution in [0.1, 0.15) is 6.42 Å². The van der Waals surface area contributed by atoms with Crippen molar-refractivity contribution in [3.8, 4) is 5.75 Å². The minimum Gasteiger partial charge on any atom is -0.497 e. The van der Waals surface area contributed by atoms with E-state index in [4.69, 9.17) is 10.5 Å². The minimum absolute atomic E-state index is 0.171. The maximum absolute atomic E-state index is 10.9. The molecule has 0 amide bonds. The smallest absolute Gasteiger partial charge is 0.147 e. The Hall–Kier alpha value is -1.43. The monoisotopic (exact) mass is 258 g/mol. The summed E-state index contributed by atoms with van der Waals surface area (Å²) in [5.74, 6) is 0.883. The van der Waals surface area contributed by atoms with Crippen LogP contribution in [-0.4, -0.2) is 34.1 Å². The number of sulfone groups is 1. The molecule has 0 saturated carbocycles. The number of rotatable bonds is 6. The number of nitrogens with two attached hydrogens (primary N) is 1. The van der Waals surface area contributed by atoms with Crippen molar-refractivity contribution in [2.24, 2.45) is 0 Å². The average Bonchev–Trinajstić information content (AvgIpc) is 2.25. The molecule has 3 N–H and O–H groups in total. The van der Waals surface area contributed by atoms with E-state index in [2.05, 4.69) is 5.32 Å². The van der Waals surface area contributed by atoms with Gasteiger partial charge in [-0.2, -0.15) is 0 Å². The summed E-state index contributed by atoms with van der Waals surface area (Å²) in [5, 5.41) is 3.09. The summed E-state index contributed by atoms with van der Waals surface area (Å²) in [6.45, 7) is 0.560. The Morgan fingerprint density at radius 2 is 2.12 bits per heavy atom. The number of ether oxygens (including phenoxy) is 1. The molecule has 96 valence electrons. The Morgan fingerprint density at radius 3 is 2.71 bits per heavy atom. The van der Waals surface area contributed by atoms with Gasteiger partial charge in [-0.3, -0.25) is 0 Å². The van der Waals surface area contributed by atoms with E-state index in [-0.39, 0.29) is 5.75 Å². The third kappa shape index (κ3) is 4.95. The van der Waals surface area contributed by atoms with Crippen molar-refractivity contribution in [1.29, 1.82) is 0 Å². The molecule has 17 heavy (non-hydrogen) atoms. The molecule has 1 aromatic rings. The lowest BCUT2D eigenvalue weighted by Crippen LogP contribution is -2.10. The number of methoxy groups -OCH3 is 1. The van der Waals surface area contributed by atoms with Crippen molar-refractivity contribution in [1.82, 2.24) is 0 Å². The normalized spacial score (nSPS) is 11.2. The van der Waals surface area contributed by atoms with E-state index in [1.54, 1.807) is 25.3 Å². The Balaban J connectivity index is 2.51. The standard InChI is InChI=1S/C11H18N2O3S/c1-16-9-4-5-10(12)11(8-9)13-6-3-7-17(2,14)15/h4-5,8,13H,3,6-7,12H2,1-2H3. The Bertz CT molecular complexity index is 472. The average molecular weight is 258 g/mol.